The predicted molar refractivity (Wildman–Crippen MR) is 50.3 cm³/mol. The minimum absolute atomic E-state index is 0.140. The standard InChI is InChI=1S/C7H9NO8S/c9-4-1-5(10)8(6(4)11)3(7(12)13)2-17(14,15)16/h3-4,9H,1-2H2,(H,12,13)(H,14,15,16). The number of carbonyl (C=O) groups excluding carboxylic acids is 2. The number of amides is 2. The van der Waals surface area contributed by atoms with Crippen LogP contribution in [-0.2, 0) is 24.5 Å². The number of carboxylic acid groups (broad SMARTS) is 1. The number of imide groups is 1. The van der Waals surface area contributed by atoms with Gasteiger partial charge in [-0.25, -0.2) is 4.79 Å². The van der Waals surface area contributed by atoms with Crippen LogP contribution in [0.25, 0.3) is 0 Å². The number of carbonyl (C=O) groups is 3. The lowest BCUT2D eigenvalue weighted by Crippen LogP contribution is -2.49. The number of aliphatic carboxylic acids is 1. The molecule has 2 unspecified atom stereocenters. The van der Waals surface area contributed by atoms with Gasteiger partial charge >= 0.3 is 5.97 Å². The number of rotatable bonds is 4. The summed E-state index contributed by atoms with van der Waals surface area (Å²) < 4.78 is 29.7. The normalized spacial score (nSPS) is 22.9. The van der Waals surface area contributed by atoms with Crippen molar-refractivity contribution in [2.45, 2.75) is 18.6 Å². The van der Waals surface area contributed by atoms with E-state index in [1.54, 1.807) is 0 Å². The fraction of sp³-hybridized carbons (Fsp3) is 0.571. The molecule has 1 aliphatic rings. The fourth-order valence-corrected chi connectivity index (χ4v) is 2.11. The molecule has 3 N–H and O–H groups in total. The second-order valence-corrected chi connectivity index (χ2v) is 4.92. The van der Waals surface area contributed by atoms with Gasteiger partial charge in [0, 0.05) is 0 Å². The Bertz CT molecular complexity index is 468. The molecule has 2 amide bonds. The largest absolute Gasteiger partial charge is 0.480 e. The summed E-state index contributed by atoms with van der Waals surface area (Å²) in [7, 11) is -4.68. The van der Waals surface area contributed by atoms with Gasteiger partial charge in [0.05, 0.1) is 6.42 Å². The van der Waals surface area contributed by atoms with Crippen molar-refractivity contribution in [1.29, 1.82) is 0 Å². The monoisotopic (exact) mass is 267 g/mol. The van der Waals surface area contributed by atoms with Crippen molar-refractivity contribution in [2.24, 2.45) is 0 Å². The molecule has 1 aliphatic heterocycles. The second kappa shape index (κ2) is 4.39. The van der Waals surface area contributed by atoms with Crippen LogP contribution in [0.15, 0.2) is 0 Å². The van der Waals surface area contributed by atoms with Gasteiger partial charge in [-0.2, -0.15) is 8.42 Å². The van der Waals surface area contributed by atoms with E-state index in [0.29, 0.717) is 0 Å². The fourth-order valence-electron chi connectivity index (χ4n) is 1.42. The van der Waals surface area contributed by atoms with Crippen molar-refractivity contribution in [1.82, 2.24) is 4.90 Å². The Morgan fingerprint density at radius 2 is 2.00 bits per heavy atom. The first-order valence-corrected chi connectivity index (χ1v) is 5.96. The van der Waals surface area contributed by atoms with Crippen molar-refractivity contribution < 1.29 is 37.6 Å². The van der Waals surface area contributed by atoms with E-state index in [2.05, 4.69) is 0 Å². The third kappa shape index (κ3) is 2.99. The molecular formula is C7H9NO8S. The molecule has 1 rings (SSSR count). The predicted octanol–water partition coefficient (Wildman–Crippen LogP) is -2.55. The van der Waals surface area contributed by atoms with Crippen LogP contribution in [-0.4, -0.2) is 63.8 Å². The molecule has 0 aromatic carbocycles. The summed E-state index contributed by atoms with van der Waals surface area (Å²) in [6, 6.07) is -2.04. The molecule has 0 bridgehead atoms. The van der Waals surface area contributed by atoms with Gasteiger partial charge in [-0.15, -0.1) is 0 Å². The molecule has 17 heavy (non-hydrogen) atoms. The molecule has 0 aliphatic carbocycles. The quantitative estimate of drug-likeness (QED) is 0.372. The maximum Gasteiger partial charge on any atom is 0.328 e. The van der Waals surface area contributed by atoms with Gasteiger partial charge in [0.1, 0.15) is 11.9 Å². The summed E-state index contributed by atoms with van der Waals surface area (Å²) in [4.78, 5) is 33.4. The van der Waals surface area contributed by atoms with Crippen LogP contribution in [0.3, 0.4) is 0 Å². The first-order chi connectivity index (χ1) is 7.63. The molecule has 0 aromatic rings. The number of likely N-dealkylation sites (tertiary alicyclic amines) is 1. The van der Waals surface area contributed by atoms with Crippen molar-refractivity contribution in [2.75, 3.05) is 5.75 Å². The SMILES string of the molecule is O=C(O)C(CS(=O)(=O)O)N1C(=O)CC(O)C1=O. The van der Waals surface area contributed by atoms with Crippen LogP contribution in [0.4, 0.5) is 0 Å². The Hall–Kier alpha value is -1.52. The summed E-state index contributed by atoms with van der Waals surface area (Å²) >= 11 is 0. The summed E-state index contributed by atoms with van der Waals surface area (Å²) in [6.07, 6.45) is -2.28. The van der Waals surface area contributed by atoms with Gasteiger partial charge in [0.2, 0.25) is 5.91 Å². The highest BCUT2D eigenvalue weighted by atomic mass is 32.2. The number of aliphatic hydroxyl groups excluding tert-OH is 1. The lowest BCUT2D eigenvalue weighted by Gasteiger charge is -2.21. The third-order valence-corrected chi connectivity index (χ3v) is 2.86. The minimum atomic E-state index is -4.68. The van der Waals surface area contributed by atoms with Crippen LogP contribution >= 0.6 is 0 Å². The molecular weight excluding hydrogens is 258 g/mol. The second-order valence-electron chi connectivity index (χ2n) is 3.42. The number of hydrogen-bond acceptors (Lipinski definition) is 6. The molecule has 1 fully saturated rings. The molecule has 0 aromatic heterocycles. The lowest BCUT2D eigenvalue weighted by atomic mass is 10.3. The maximum absolute atomic E-state index is 11.3. The van der Waals surface area contributed by atoms with Gasteiger partial charge < -0.3 is 10.2 Å². The summed E-state index contributed by atoms with van der Waals surface area (Å²) in [5.74, 6) is -5.27. The van der Waals surface area contributed by atoms with E-state index >= 15 is 0 Å². The van der Waals surface area contributed by atoms with Gasteiger partial charge in [-0.05, 0) is 0 Å². The first-order valence-electron chi connectivity index (χ1n) is 4.35. The van der Waals surface area contributed by atoms with E-state index in [1.165, 1.54) is 0 Å². The van der Waals surface area contributed by atoms with Crippen LogP contribution in [0.5, 0.6) is 0 Å². The average Bonchev–Trinajstić information content (AvgIpc) is 2.36. The summed E-state index contributed by atoms with van der Waals surface area (Å²) in [6.45, 7) is 0. The zero-order chi connectivity index (χ0) is 13.4. The molecule has 1 heterocycles. The van der Waals surface area contributed by atoms with Gasteiger partial charge in [-0.3, -0.25) is 19.0 Å². The molecule has 9 nitrogen and oxygen atoms in total. The van der Waals surface area contributed by atoms with E-state index < -0.39 is 52.2 Å². The number of nitrogens with zero attached hydrogens (tertiary/aromatic N) is 1. The van der Waals surface area contributed by atoms with E-state index in [0.717, 1.165) is 0 Å². The molecule has 1 saturated heterocycles. The average molecular weight is 267 g/mol. The Morgan fingerprint density at radius 1 is 1.47 bits per heavy atom. The van der Waals surface area contributed by atoms with E-state index in [1.807, 2.05) is 0 Å². The van der Waals surface area contributed by atoms with Gasteiger partial charge in [0.25, 0.3) is 16.0 Å². The van der Waals surface area contributed by atoms with Crippen LogP contribution in [0.1, 0.15) is 6.42 Å². The molecule has 0 saturated carbocycles. The first kappa shape index (κ1) is 13.5. The smallest absolute Gasteiger partial charge is 0.328 e. The lowest BCUT2D eigenvalue weighted by molar-refractivity contribution is -0.154. The zero-order valence-electron chi connectivity index (χ0n) is 8.31. The van der Waals surface area contributed by atoms with Gasteiger partial charge in [-0.1, -0.05) is 0 Å². The van der Waals surface area contributed by atoms with E-state index in [-0.39, 0.29) is 4.90 Å². The zero-order valence-corrected chi connectivity index (χ0v) is 9.12. The number of hydrogen-bond donors (Lipinski definition) is 3. The van der Waals surface area contributed by atoms with Crippen LogP contribution in [0.2, 0.25) is 0 Å². The van der Waals surface area contributed by atoms with Crippen molar-refractivity contribution >= 4 is 27.9 Å². The highest BCUT2D eigenvalue weighted by molar-refractivity contribution is 7.85. The van der Waals surface area contributed by atoms with Gasteiger partial charge in [0.15, 0.2) is 6.04 Å². The van der Waals surface area contributed by atoms with E-state index in [4.69, 9.17) is 14.8 Å². The number of aliphatic hydroxyl groups is 1. The van der Waals surface area contributed by atoms with Crippen molar-refractivity contribution in [3.8, 4) is 0 Å². The third-order valence-electron chi connectivity index (χ3n) is 2.12. The number of carboxylic acids is 1. The summed E-state index contributed by atoms with van der Waals surface area (Å²) in [5.41, 5.74) is 0. The minimum Gasteiger partial charge on any atom is -0.480 e. The van der Waals surface area contributed by atoms with Crippen LogP contribution < -0.4 is 0 Å². The van der Waals surface area contributed by atoms with Crippen molar-refractivity contribution in [3.63, 3.8) is 0 Å². The molecule has 10 heteroatoms. The Balaban J connectivity index is 3.04. The molecule has 0 spiro atoms. The Kier molecular flexibility index (Phi) is 3.50. The summed E-state index contributed by atoms with van der Waals surface area (Å²) in [5, 5.41) is 17.8. The topological polar surface area (TPSA) is 149 Å². The highest BCUT2D eigenvalue weighted by Crippen LogP contribution is 2.17. The van der Waals surface area contributed by atoms with Crippen molar-refractivity contribution in [3.05, 3.63) is 0 Å². The highest BCUT2D eigenvalue weighted by Gasteiger charge is 2.45. The maximum atomic E-state index is 11.3. The molecule has 96 valence electrons. The van der Waals surface area contributed by atoms with E-state index in [9.17, 15) is 22.8 Å². The Morgan fingerprint density at radius 3 is 2.29 bits per heavy atom. The molecule has 2 atom stereocenters. The Labute approximate surface area is 95.4 Å². The molecule has 0 radical (unpaired) electrons. The van der Waals surface area contributed by atoms with Crippen LogP contribution in [0, 0.1) is 0 Å².